The molecule has 0 aliphatic rings. The third-order valence-corrected chi connectivity index (χ3v) is 3.13. The fourth-order valence-corrected chi connectivity index (χ4v) is 2.30. The van der Waals surface area contributed by atoms with Gasteiger partial charge >= 0.3 is 5.97 Å². The molecule has 5 heteroatoms. The predicted octanol–water partition coefficient (Wildman–Crippen LogP) is 3.60. The van der Waals surface area contributed by atoms with E-state index in [4.69, 9.17) is 0 Å². The fourth-order valence-electron chi connectivity index (χ4n) is 1.21. The topological polar surface area (TPSA) is 26.3 Å². The van der Waals surface area contributed by atoms with Crippen LogP contribution < -0.4 is 0 Å². The largest absolute Gasteiger partial charge is 0.465 e. The van der Waals surface area contributed by atoms with Gasteiger partial charge < -0.3 is 4.74 Å². The summed E-state index contributed by atoms with van der Waals surface area (Å²) in [6, 6.07) is 1.38. The molecule has 84 valence electrons. The highest BCUT2D eigenvalue weighted by Gasteiger charge is 2.22. The van der Waals surface area contributed by atoms with Gasteiger partial charge in [0.15, 0.2) is 0 Å². The molecule has 0 fully saturated rings. The minimum absolute atomic E-state index is 0.0304. The van der Waals surface area contributed by atoms with Crippen LogP contribution in [0.4, 0.5) is 8.78 Å². The first-order chi connectivity index (χ1) is 6.97. The maximum atomic E-state index is 12.4. The number of rotatable bonds is 3. The van der Waals surface area contributed by atoms with Crippen LogP contribution >= 0.6 is 11.3 Å². The van der Waals surface area contributed by atoms with E-state index in [2.05, 4.69) is 4.74 Å². The van der Waals surface area contributed by atoms with Crippen LogP contribution in [0.25, 0.3) is 0 Å². The lowest BCUT2D eigenvalue weighted by Crippen LogP contribution is -2.02. The second-order valence-corrected chi connectivity index (χ2v) is 4.46. The van der Waals surface area contributed by atoms with E-state index in [0.717, 1.165) is 11.3 Å². The Morgan fingerprint density at radius 1 is 1.47 bits per heavy atom. The Kier molecular flexibility index (Phi) is 3.79. The first-order valence-electron chi connectivity index (χ1n) is 4.47. The maximum Gasteiger partial charge on any atom is 0.348 e. The Balaban J connectivity index is 3.17. The van der Waals surface area contributed by atoms with Crippen molar-refractivity contribution in [2.75, 3.05) is 7.11 Å². The van der Waals surface area contributed by atoms with E-state index in [1.165, 1.54) is 13.2 Å². The monoisotopic (exact) mass is 234 g/mol. The lowest BCUT2D eigenvalue weighted by Gasteiger charge is -2.04. The molecule has 0 spiro atoms. The Labute approximate surface area is 90.9 Å². The van der Waals surface area contributed by atoms with Gasteiger partial charge in [0.1, 0.15) is 4.88 Å². The van der Waals surface area contributed by atoms with Crippen molar-refractivity contribution in [3.63, 3.8) is 0 Å². The number of hydrogen-bond acceptors (Lipinski definition) is 3. The van der Waals surface area contributed by atoms with Crippen LogP contribution in [0.2, 0.25) is 0 Å². The van der Waals surface area contributed by atoms with Gasteiger partial charge in [-0.2, -0.15) is 0 Å². The minimum Gasteiger partial charge on any atom is -0.465 e. The summed E-state index contributed by atoms with van der Waals surface area (Å²) in [4.78, 5) is 11.5. The summed E-state index contributed by atoms with van der Waals surface area (Å²) in [5.41, 5.74) is 0.627. The van der Waals surface area contributed by atoms with E-state index in [1.54, 1.807) is 0 Å². The molecule has 0 radical (unpaired) electrons. The molecular weight excluding hydrogens is 222 g/mol. The summed E-state index contributed by atoms with van der Waals surface area (Å²) in [5.74, 6) is -0.515. The van der Waals surface area contributed by atoms with Gasteiger partial charge in [0.25, 0.3) is 6.43 Å². The normalized spacial score (nSPS) is 11.1. The summed E-state index contributed by atoms with van der Waals surface area (Å²) in [6.45, 7) is 3.70. The van der Waals surface area contributed by atoms with Gasteiger partial charge in [0.05, 0.1) is 12.0 Å². The molecule has 1 aromatic heterocycles. The molecule has 0 aliphatic carbocycles. The lowest BCUT2D eigenvalue weighted by atomic mass is 10.0. The van der Waals surface area contributed by atoms with E-state index in [0.29, 0.717) is 5.56 Å². The van der Waals surface area contributed by atoms with E-state index in [-0.39, 0.29) is 15.7 Å². The van der Waals surface area contributed by atoms with Gasteiger partial charge in [-0.3, -0.25) is 0 Å². The Hall–Kier alpha value is -0.970. The van der Waals surface area contributed by atoms with Crippen LogP contribution in [0.3, 0.4) is 0 Å². The van der Waals surface area contributed by atoms with Crippen molar-refractivity contribution in [2.45, 2.75) is 26.2 Å². The van der Waals surface area contributed by atoms with Crippen LogP contribution in [0.1, 0.15) is 46.3 Å². The van der Waals surface area contributed by atoms with E-state index < -0.39 is 12.4 Å². The number of esters is 1. The molecule has 0 N–H and O–H groups in total. The number of carbonyl (C=O) groups is 1. The average Bonchev–Trinajstić information content (AvgIpc) is 2.61. The van der Waals surface area contributed by atoms with Crippen molar-refractivity contribution in [2.24, 2.45) is 0 Å². The molecule has 1 heterocycles. The van der Waals surface area contributed by atoms with Crippen LogP contribution in [-0.2, 0) is 4.74 Å². The first-order valence-corrected chi connectivity index (χ1v) is 5.29. The first kappa shape index (κ1) is 12.1. The third-order valence-electron chi connectivity index (χ3n) is 1.99. The highest BCUT2D eigenvalue weighted by atomic mass is 32.1. The third kappa shape index (κ3) is 2.53. The van der Waals surface area contributed by atoms with E-state index in [1.807, 2.05) is 13.8 Å². The zero-order valence-corrected chi connectivity index (χ0v) is 9.53. The van der Waals surface area contributed by atoms with Crippen molar-refractivity contribution in [1.29, 1.82) is 0 Å². The SMILES string of the molecule is COC(=O)c1sc(C(F)F)cc1C(C)C. The van der Waals surface area contributed by atoms with Gasteiger partial charge in [0, 0.05) is 0 Å². The number of hydrogen-bond donors (Lipinski definition) is 0. The zero-order valence-electron chi connectivity index (χ0n) is 8.71. The summed E-state index contributed by atoms with van der Waals surface area (Å²) in [5, 5.41) is 0. The molecule has 1 rings (SSSR count). The average molecular weight is 234 g/mol. The van der Waals surface area contributed by atoms with Crippen molar-refractivity contribution < 1.29 is 18.3 Å². The molecule has 1 aromatic rings. The molecular formula is C10H12F2O2S. The Morgan fingerprint density at radius 2 is 2.07 bits per heavy atom. The quantitative estimate of drug-likeness (QED) is 0.747. The molecule has 0 aromatic carbocycles. The Morgan fingerprint density at radius 3 is 2.47 bits per heavy atom. The molecule has 0 saturated carbocycles. The molecule has 0 aliphatic heterocycles. The zero-order chi connectivity index (χ0) is 11.6. The van der Waals surface area contributed by atoms with Crippen LogP contribution in [-0.4, -0.2) is 13.1 Å². The van der Waals surface area contributed by atoms with Crippen LogP contribution in [0.5, 0.6) is 0 Å². The van der Waals surface area contributed by atoms with Crippen molar-refractivity contribution in [3.8, 4) is 0 Å². The second kappa shape index (κ2) is 4.70. The molecule has 0 atom stereocenters. The maximum absolute atomic E-state index is 12.4. The standard InChI is InChI=1S/C10H12F2O2S/c1-5(2)6-4-7(9(11)12)15-8(6)10(13)14-3/h4-5,9H,1-3H3. The van der Waals surface area contributed by atoms with E-state index in [9.17, 15) is 13.6 Å². The summed E-state index contributed by atoms with van der Waals surface area (Å²) in [7, 11) is 1.24. The number of ether oxygens (including phenoxy) is 1. The smallest absolute Gasteiger partial charge is 0.348 e. The summed E-state index contributed by atoms with van der Waals surface area (Å²) < 4.78 is 29.4. The number of carbonyl (C=O) groups excluding carboxylic acids is 1. The molecule has 0 unspecified atom stereocenters. The highest BCUT2D eigenvalue weighted by Crippen LogP contribution is 2.34. The number of halogens is 2. The number of thiophene rings is 1. The van der Waals surface area contributed by atoms with Gasteiger partial charge in [-0.1, -0.05) is 13.8 Å². The molecule has 2 nitrogen and oxygen atoms in total. The fraction of sp³-hybridized carbons (Fsp3) is 0.500. The molecule has 0 amide bonds. The van der Waals surface area contributed by atoms with E-state index >= 15 is 0 Å². The molecule has 0 bridgehead atoms. The van der Waals surface area contributed by atoms with Crippen LogP contribution in [0, 0.1) is 0 Å². The molecule has 15 heavy (non-hydrogen) atoms. The summed E-state index contributed by atoms with van der Waals surface area (Å²) in [6.07, 6.45) is -2.54. The van der Waals surface area contributed by atoms with Crippen LogP contribution in [0.15, 0.2) is 6.07 Å². The van der Waals surface area contributed by atoms with Gasteiger partial charge in [-0.25, -0.2) is 13.6 Å². The van der Waals surface area contributed by atoms with Crippen molar-refractivity contribution in [3.05, 3.63) is 21.4 Å². The minimum atomic E-state index is -2.54. The predicted molar refractivity (Wildman–Crippen MR) is 54.7 cm³/mol. The van der Waals surface area contributed by atoms with Gasteiger partial charge in [-0.05, 0) is 17.5 Å². The summed E-state index contributed by atoms with van der Waals surface area (Å²) >= 11 is 0.804. The highest BCUT2D eigenvalue weighted by molar-refractivity contribution is 7.14. The van der Waals surface area contributed by atoms with Crippen molar-refractivity contribution >= 4 is 17.3 Å². The van der Waals surface area contributed by atoms with Crippen molar-refractivity contribution in [1.82, 2.24) is 0 Å². The number of alkyl halides is 2. The lowest BCUT2D eigenvalue weighted by molar-refractivity contribution is 0.0605. The van der Waals surface area contributed by atoms with Gasteiger partial charge in [0.2, 0.25) is 0 Å². The van der Waals surface area contributed by atoms with Gasteiger partial charge in [-0.15, -0.1) is 11.3 Å². The molecule has 0 saturated heterocycles. The Bertz CT molecular complexity index is 358. The second-order valence-electron chi connectivity index (χ2n) is 3.38. The number of methoxy groups -OCH3 is 1.